The smallest absolute Gasteiger partial charge is 0.233 e. The fourth-order valence-corrected chi connectivity index (χ4v) is 0.856. The molecule has 0 spiro atoms. The molecule has 0 saturated carbocycles. The highest BCUT2D eigenvalue weighted by atomic mass is 16.5. The molecule has 0 atom stereocenters. The number of carbonyl (C=O) groups excluding carboxylic acids is 1. The Bertz CT molecular complexity index is 293. The number of rotatable bonds is 3. The van der Waals surface area contributed by atoms with Crippen molar-refractivity contribution < 1.29 is 9.53 Å². The lowest BCUT2D eigenvalue weighted by atomic mass is 10.1. The van der Waals surface area contributed by atoms with Crippen molar-refractivity contribution in [1.29, 1.82) is 0 Å². The molecule has 0 aliphatic rings. The van der Waals surface area contributed by atoms with Crippen molar-refractivity contribution in [3.8, 4) is 5.88 Å². The number of methoxy groups -OCH3 is 1. The topological polar surface area (TPSA) is 52.1 Å². The van der Waals surface area contributed by atoms with Gasteiger partial charge in [0.1, 0.15) is 5.69 Å². The number of hydrogen-bond donors (Lipinski definition) is 0. The molecular weight excluding hydrogens is 168 g/mol. The van der Waals surface area contributed by atoms with E-state index in [-0.39, 0.29) is 11.7 Å². The maximum Gasteiger partial charge on any atom is 0.233 e. The molecule has 0 aliphatic carbocycles. The van der Waals surface area contributed by atoms with Crippen molar-refractivity contribution in [1.82, 2.24) is 10.2 Å². The molecule has 0 amide bonds. The van der Waals surface area contributed by atoms with E-state index in [1.54, 1.807) is 12.1 Å². The van der Waals surface area contributed by atoms with E-state index < -0.39 is 0 Å². The molecule has 0 aliphatic heterocycles. The minimum absolute atomic E-state index is 0.00449. The molecule has 4 heteroatoms. The molecule has 1 heterocycles. The van der Waals surface area contributed by atoms with E-state index in [1.807, 2.05) is 13.8 Å². The van der Waals surface area contributed by atoms with Crippen LogP contribution in [0.1, 0.15) is 24.3 Å². The van der Waals surface area contributed by atoms with Gasteiger partial charge >= 0.3 is 0 Å². The molecule has 1 aromatic rings. The lowest BCUT2D eigenvalue weighted by molar-refractivity contribution is 0.0933. The highest BCUT2D eigenvalue weighted by molar-refractivity contribution is 5.95. The van der Waals surface area contributed by atoms with Gasteiger partial charge in [0.2, 0.25) is 5.88 Å². The molecule has 0 saturated heterocycles. The van der Waals surface area contributed by atoms with E-state index in [1.165, 1.54) is 7.11 Å². The van der Waals surface area contributed by atoms with E-state index in [9.17, 15) is 4.79 Å². The summed E-state index contributed by atoms with van der Waals surface area (Å²) in [5.41, 5.74) is 0.385. The number of aromatic nitrogens is 2. The molecule has 0 N–H and O–H groups in total. The summed E-state index contributed by atoms with van der Waals surface area (Å²) in [7, 11) is 1.51. The zero-order valence-corrected chi connectivity index (χ0v) is 7.94. The summed E-state index contributed by atoms with van der Waals surface area (Å²) in [6, 6.07) is 3.25. The molecule has 0 bridgehead atoms. The van der Waals surface area contributed by atoms with Crippen LogP contribution in [0.2, 0.25) is 0 Å². The third-order valence-electron chi connectivity index (χ3n) is 1.63. The SMILES string of the molecule is COc1ccc(C(=O)C(C)C)nn1. The van der Waals surface area contributed by atoms with Crippen molar-refractivity contribution in [2.45, 2.75) is 13.8 Å². The Hall–Kier alpha value is -1.45. The van der Waals surface area contributed by atoms with Crippen molar-refractivity contribution in [2.75, 3.05) is 7.11 Å². The summed E-state index contributed by atoms with van der Waals surface area (Å²) >= 11 is 0. The second kappa shape index (κ2) is 3.98. The van der Waals surface area contributed by atoms with Gasteiger partial charge in [0.05, 0.1) is 7.11 Å². The standard InChI is InChI=1S/C9H12N2O2/c1-6(2)9(12)7-4-5-8(13-3)11-10-7/h4-6H,1-3H3. The predicted octanol–water partition coefficient (Wildman–Crippen LogP) is 1.32. The largest absolute Gasteiger partial charge is 0.480 e. The van der Waals surface area contributed by atoms with Gasteiger partial charge in [0.15, 0.2) is 5.78 Å². The molecular formula is C9H12N2O2. The van der Waals surface area contributed by atoms with Gasteiger partial charge in [-0.3, -0.25) is 4.79 Å². The fraction of sp³-hybridized carbons (Fsp3) is 0.444. The summed E-state index contributed by atoms with van der Waals surface area (Å²) in [5.74, 6) is 0.359. The molecule has 13 heavy (non-hydrogen) atoms. The van der Waals surface area contributed by atoms with Crippen LogP contribution in [0, 0.1) is 5.92 Å². The van der Waals surface area contributed by atoms with Crippen molar-refractivity contribution >= 4 is 5.78 Å². The fourth-order valence-electron chi connectivity index (χ4n) is 0.856. The van der Waals surface area contributed by atoms with Crippen molar-refractivity contribution in [3.63, 3.8) is 0 Å². The van der Waals surface area contributed by atoms with E-state index in [0.717, 1.165) is 0 Å². The molecule has 0 fully saturated rings. The van der Waals surface area contributed by atoms with Gasteiger partial charge in [0, 0.05) is 12.0 Å². The normalized spacial score (nSPS) is 10.2. The van der Waals surface area contributed by atoms with Gasteiger partial charge in [0.25, 0.3) is 0 Å². The Morgan fingerprint density at radius 1 is 1.38 bits per heavy atom. The Labute approximate surface area is 76.9 Å². The summed E-state index contributed by atoms with van der Waals surface area (Å²) in [4.78, 5) is 11.4. The summed E-state index contributed by atoms with van der Waals surface area (Å²) in [6.45, 7) is 3.66. The van der Waals surface area contributed by atoms with Crippen LogP contribution >= 0.6 is 0 Å². The van der Waals surface area contributed by atoms with Gasteiger partial charge in [-0.25, -0.2) is 0 Å². The molecule has 4 nitrogen and oxygen atoms in total. The number of ketones is 1. The molecule has 70 valence electrons. The molecule has 0 aromatic carbocycles. The second-order valence-corrected chi connectivity index (χ2v) is 2.98. The monoisotopic (exact) mass is 180 g/mol. The van der Waals surface area contributed by atoms with Crippen LogP contribution in [-0.4, -0.2) is 23.1 Å². The van der Waals surface area contributed by atoms with Crippen LogP contribution in [0.15, 0.2) is 12.1 Å². The van der Waals surface area contributed by atoms with E-state index >= 15 is 0 Å². The Morgan fingerprint density at radius 3 is 2.46 bits per heavy atom. The highest BCUT2D eigenvalue weighted by Gasteiger charge is 2.12. The average Bonchev–Trinajstić information content (AvgIpc) is 2.17. The first-order chi connectivity index (χ1) is 6.15. The van der Waals surface area contributed by atoms with Crippen LogP contribution in [0.25, 0.3) is 0 Å². The van der Waals surface area contributed by atoms with Crippen LogP contribution in [0.5, 0.6) is 5.88 Å². The lowest BCUT2D eigenvalue weighted by Crippen LogP contribution is -2.10. The van der Waals surface area contributed by atoms with Crippen molar-refractivity contribution in [3.05, 3.63) is 17.8 Å². The molecule has 1 aromatic heterocycles. The number of hydrogen-bond acceptors (Lipinski definition) is 4. The molecule has 0 unspecified atom stereocenters. The minimum atomic E-state index is -0.0531. The van der Waals surface area contributed by atoms with E-state index in [2.05, 4.69) is 10.2 Å². The van der Waals surface area contributed by atoms with Crippen LogP contribution in [0.4, 0.5) is 0 Å². The van der Waals surface area contributed by atoms with E-state index in [0.29, 0.717) is 11.6 Å². The van der Waals surface area contributed by atoms with Crippen LogP contribution < -0.4 is 4.74 Å². The van der Waals surface area contributed by atoms with Crippen LogP contribution in [-0.2, 0) is 0 Å². The molecule has 1 rings (SSSR count). The number of carbonyl (C=O) groups is 1. The predicted molar refractivity (Wildman–Crippen MR) is 47.8 cm³/mol. The Morgan fingerprint density at radius 2 is 2.08 bits per heavy atom. The summed E-state index contributed by atoms with van der Waals surface area (Å²) in [5, 5.41) is 7.45. The minimum Gasteiger partial charge on any atom is -0.480 e. The van der Waals surface area contributed by atoms with Gasteiger partial charge < -0.3 is 4.74 Å². The highest BCUT2D eigenvalue weighted by Crippen LogP contribution is 2.07. The maximum atomic E-state index is 11.4. The number of nitrogens with zero attached hydrogens (tertiary/aromatic N) is 2. The first-order valence-electron chi connectivity index (χ1n) is 4.07. The van der Waals surface area contributed by atoms with Gasteiger partial charge in [-0.2, -0.15) is 0 Å². The first kappa shape index (κ1) is 9.64. The van der Waals surface area contributed by atoms with Gasteiger partial charge in [-0.05, 0) is 6.07 Å². The molecule has 0 radical (unpaired) electrons. The summed E-state index contributed by atoms with van der Waals surface area (Å²) < 4.78 is 4.82. The first-order valence-corrected chi connectivity index (χ1v) is 4.07. The Balaban J connectivity index is 2.86. The zero-order chi connectivity index (χ0) is 9.84. The Kier molecular flexibility index (Phi) is 2.95. The average molecular weight is 180 g/mol. The number of ether oxygens (including phenoxy) is 1. The van der Waals surface area contributed by atoms with E-state index in [4.69, 9.17) is 4.74 Å². The maximum absolute atomic E-state index is 11.4. The summed E-state index contributed by atoms with van der Waals surface area (Å²) in [6.07, 6.45) is 0. The lowest BCUT2D eigenvalue weighted by Gasteiger charge is -2.02. The van der Waals surface area contributed by atoms with Crippen LogP contribution in [0.3, 0.4) is 0 Å². The number of Topliss-reactive ketones (excluding diaryl/α,β-unsaturated/α-hetero) is 1. The third-order valence-corrected chi connectivity index (χ3v) is 1.63. The quantitative estimate of drug-likeness (QED) is 0.658. The van der Waals surface area contributed by atoms with Crippen molar-refractivity contribution in [2.24, 2.45) is 5.92 Å². The van der Waals surface area contributed by atoms with Gasteiger partial charge in [-0.15, -0.1) is 10.2 Å². The third kappa shape index (κ3) is 2.24. The zero-order valence-electron chi connectivity index (χ0n) is 7.94. The second-order valence-electron chi connectivity index (χ2n) is 2.98. The van der Waals surface area contributed by atoms with Gasteiger partial charge in [-0.1, -0.05) is 13.8 Å².